The summed E-state index contributed by atoms with van der Waals surface area (Å²) in [5.41, 5.74) is 1.75. The average molecular weight is 219 g/mol. The molecular weight excluding hydrogens is 209 g/mol. The van der Waals surface area contributed by atoms with E-state index >= 15 is 0 Å². The molecular formula is C12H10FNO2. The fraction of sp³-hybridized carbons (Fsp3) is 0.167. The first-order valence-corrected chi connectivity index (χ1v) is 4.82. The van der Waals surface area contributed by atoms with Crippen molar-refractivity contribution in [2.45, 2.75) is 13.1 Å². The number of hydrogen-bond acceptors (Lipinski definition) is 2. The minimum Gasteiger partial charge on any atom is -0.479 e. The van der Waals surface area contributed by atoms with Crippen LogP contribution in [0.4, 0.5) is 4.39 Å². The van der Waals surface area contributed by atoms with Crippen molar-refractivity contribution in [3.05, 3.63) is 41.6 Å². The average Bonchev–Trinajstić information content (AvgIpc) is 2.27. The lowest BCUT2D eigenvalue weighted by molar-refractivity contribution is -0.143. The number of fused-ring (bicyclic) bond motifs is 1. The number of hydrogen-bond donors (Lipinski definition) is 1. The van der Waals surface area contributed by atoms with Gasteiger partial charge in [0, 0.05) is 11.1 Å². The van der Waals surface area contributed by atoms with E-state index in [9.17, 15) is 9.18 Å². The smallest absolute Gasteiger partial charge is 0.343 e. The monoisotopic (exact) mass is 219 g/mol. The van der Waals surface area contributed by atoms with E-state index in [1.165, 1.54) is 12.1 Å². The third kappa shape index (κ3) is 1.86. The molecule has 3 nitrogen and oxygen atoms in total. The molecule has 1 aromatic heterocycles. The van der Waals surface area contributed by atoms with Gasteiger partial charge < -0.3 is 5.11 Å². The van der Waals surface area contributed by atoms with Gasteiger partial charge in [-0.2, -0.15) is 0 Å². The maximum absolute atomic E-state index is 13.2. The third-order valence-electron chi connectivity index (χ3n) is 2.36. The van der Waals surface area contributed by atoms with Gasteiger partial charge in [0.25, 0.3) is 0 Å². The molecule has 0 bridgehead atoms. The van der Waals surface area contributed by atoms with Crippen LogP contribution in [0.5, 0.6) is 0 Å². The number of aromatic nitrogens is 1. The highest BCUT2D eigenvalue weighted by Gasteiger charge is 2.18. The molecule has 0 fully saturated rings. The number of alkyl halides is 1. The van der Waals surface area contributed by atoms with Crippen molar-refractivity contribution in [2.24, 2.45) is 0 Å². The predicted octanol–water partition coefficient (Wildman–Crippen LogP) is 2.64. The van der Waals surface area contributed by atoms with Crippen LogP contribution in [0.25, 0.3) is 10.9 Å². The Balaban J connectivity index is 2.52. The molecule has 16 heavy (non-hydrogen) atoms. The van der Waals surface area contributed by atoms with Gasteiger partial charge in [0.1, 0.15) is 0 Å². The normalized spacial score (nSPS) is 12.6. The molecule has 2 rings (SSSR count). The van der Waals surface area contributed by atoms with E-state index < -0.39 is 12.1 Å². The summed E-state index contributed by atoms with van der Waals surface area (Å²) < 4.78 is 13.2. The molecule has 82 valence electrons. The Morgan fingerprint density at radius 1 is 1.38 bits per heavy atom. The van der Waals surface area contributed by atoms with Crippen molar-refractivity contribution in [2.75, 3.05) is 0 Å². The summed E-state index contributed by atoms with van der Waals surface area (Å²) in [7, 11) is 0. The van der Waals surface area contributed by atoms with Crippen LogP contribution in [-0.2, 0) is 4.79 Å². The summed E-state index contributed by atoms with van der Waals surface area (Å²) in [5.74, 6) is -1.47. The molecule has 0 saturated heterocycles. The molecule has 4 heteroatoms. The molecule has 0 radical (unpaired) electrons. The topological polar surface area (TPSA) is 50.2 Å². The molecule has 0 aliphatic rings. The second-order valence-corrected chi connectivity index (χ2v) is 3.61. The van der Waals surface area contributed by atoms with Crippen LogP contribution in [0.1, 0.15) is 17.4 Å². The zero-order chi connectivity index (χ0) is 11.7. The van der Waals surface area contributed by atoms with Gasteiger partial charge in [-0.3, -0.25) is 4.98 Å². The quantitative estimate of drug-likeness (QED) is 0.844. The van der Waals surface area contributed by atoms with Crippen molar-refractivity contribution in [3.8, 4) is 0 Å². The van der Waals surface area contributed by atoms with Crippen LogP contribution in [0, 0.1) is 6.92 Å². The van der Waals surface area contributed by atoms with E-state index in [0.717, 1.165) is 16.6 Å². The molecule has 1 aromatic carbocycles. The second-order valence-electron chi connectivity index (χ2n) is 3.61. The minimum absolute atomic E-state index is 0.144. The molecule has 0 saturated carbocycles. The zero-order valence-electron chi connectivity index (χ0n) is 8.64. The molecule has 2 aromatic rings. The Kier molecular flexibility index (Phi) is 2.56. The van der Waals surface area contributed by atoms with Crippen molar-refractivity contribution in [1.29, 1.82) is 0 Å². The number of rotatable bonds is 2. The number of aliphatic carboxylic acids is 1. The van der Waals surface area contributed by atoms with Gasteiger partial charge in [0.05, 0.1) is 5.52 Å². The molecule has 0 aliphatic heterocycles. The number of carbonyl (C=O) groups is 1. The van der Waals surface area contributed by atoms with Crippen LogP contribution in [0.2, 0.25) is 0 Å². The Labute approximate surface area is 91.5 Å². The lowest BCUT2D eigenvalue weighted by atomic mass is 10.1. The first-order valence-electron chi connectivity index (χ1n) is 4.82. The molecule has 1 unspecified atom stereocenters. The van der Waals surface area contributed by atoms with Crippen LogP contribution >= 0.6 is 0 Å². The summed E-state index contributed by atoms with van der Waals surface area (Å²) in [5, 5.41) is 9.30. The first-order chi connectivity index (χ1) is 7.58. The number of carboxylic acids is 1. The minimum atomic E-state index is -1.98. The van der Waals surface area contributed by atoms with Gasteiger partial charge in [0.15, 0.2) is 0 Å². The highest BCUT2D eigenvalue weighted by molar-refractivity contribution is 5.82. The summed E-state index contributed by atoms with van der Waals surface area (Å²) >= 11 is 0. The van der Waals surface area contributed by atoms with Gasteiger partial charge >= 0.3 is 5.97 Å². The summed E-state index contributed by atoms with van der Waals surface area (Å²) in [4.78, 5) is 14.8. The van der Waals surface area contributed by atoms with Crippen LogP contribution in [0.15, 0.2) is 30.3 Å². The number of nitrogens with zero attached hydrogens (tertiary/aromatic N) is 1. The molecule has 1 N–H and O–H groups in total. The second kappa shape index (κ2) is 3.89. The highest BCUT2D eigenvalue weighted by atomic mass is 19.1. The summed E-state index contributed by atoms with van der Waals surface area (Å²) in [6.45, 7) is 1.86. The van der Waals surface area contributed by atoms with Crippen molar-refractivity contribution in [1.82, 2.24) is 4.98 Å². The predicted molar refractivity (Wildman–Crippen MR) is 58.0 cm³/mol. The lowest BCUT2D eigenvalue weighted by Crippen LogP contribution is -2.05. The van der Waals surface area contributed by atoms with E-state index in [1.807, 2.05) is 6.92 Å². The van der Waals surface area contributed by atoms with Gasteiger partial charge in [-0.15, -0.1) is 0 Å². The van der Waals surface area contributed by atoms with E-state index in [-0.39, 0.29) is 5.56 Å². The Morgan fingerprint density at radius 2 is 2.12 bits per heavy atom. The van der Waals surface area contributed by atoms with E-state index in [4.69, 9.17) is 5.11 Å². The number of benzene rings is 1. The maximum atomic E-state index is 13.2. The molecule has 0 aliphatic carbocycles. The maximum Gasteiger partial charge on any atom is 0.343 e. The van der Waals surface area contributed by atoms with E-state index in [2.05, 4.69) is 4.98 Å². The molecule has 0 spiro atoms. The van der Waals surface area contributed by atoms with E-state index in [0.29, 0.717) is 0 Å². The Bertz CT molecular complexity index is 554. The Hall–Kier alpha value is -1.97. The summed E-state index contributed by atoms with van der Waals surface area (Å²) in [6, 6.07) is 8.21. The Morgan fingerprint density at radius 3 is 2.81 bits per heavy atom. The highest BCUT2D eigenvalue weighted by Crippen LogP contribution is 2.22. The third-order valence-corrected chi connectivity index (χ3v) is 2.36. The number of aryl methyl sites for hydroxylation is 1. The molecule has 1 heterocycles. The zero-order valence-corrected chi connectivity index (χ0v) is 8.64. The molecule has 0 amide bonds. The van der Waals surface area contributed by atoms with Crippen molar-refractivity contribution >= 4 is 16.9 Å². The fourth-order valence-electron chi connectivity index (χ4n) is 1.55. The number of carboxylic acid groups (broad SMARTS) is 1. The van der Waals surface area contributed by atoms with Gasteiger partial charge in [-0.1, -0.05) is 12.1 Å². The van der Waals surface area contributed by atoms with Crippen molar-refractivity contribution < 1.29 is 14.3 Å². The SMILES string of the molecule is Cc1ccc2cc(C(F)C(=O)O)ccc2n1. The molecule has 1 atom stereocenters. The first kappa shape index (κ1) is 10.5. The largest absolute Gasteiger partial charge is 0.479 e. The van der Waals surface area contributed by atoms with Crippen LogP contribution < -0.4 is 0 Å². The van der Waals surface area contributed by atoms with Gasteiger partial charge in [0.2, 0.25) is 6.17 Å². The standard InChI is InChI=1S/C12H10FNO2/c1-7-2-3-8-6-9(11(13)12(15)16)4-5-10(8)14-7/h2-6,11H,1H3,(H,15,16). The number of halogens is 1. The van der Waals surface area contributed by atoms with E-state index in [1.54, 1.807) is 18.2 Å². The van der Waals surface area contributed by atoms with Crippen LogP contribution in [0.3, 0.4) is 0 Å². The number of pyridine rings is 1. The van der Waals surface area contributed by atoms with Gasteiger partial charge in [-0.25, -0.2) is 9.18 Å². The van der Waals surface area contributed by atoms with Crippen molar-refractivity contribution in [3.63, 3.8) is 0 Å². The fourth-order valence-corrected chi connectivity index (χ4v) is 1.55. The van der Waals surface area contributed by atoms with Gasteiger partial charge in [-0.05, 0) is 30.7 Å². The summed E-state index contributed by atoms with van der Waals surface area (Å²) in [6.07, 6.45) is -1.98. The van der Waals surface area contributed by atoms with Crippen LogP contribution in [-0.4, -0.2) is 16.1 Å². The lowest BCUT2D eigenvalue weighted by Gasteiger charge is -2.05.